The highest BCUT2D eigenvalue weighted by Gasteiger charge is 2.33. The number of thiocarbonyl (C=S) groups is 1. The van der Waals surface area contributed by atoms with Crippen molar-refractivity contribution < 1.29 is 4.79 Å². The van der Waals surface area contributed by atoms with Gasteiger partial charge in [-0.1, -0.05) is 53.8 Å². The summed E-state index contributed by atoms with van der Waals surface area (Å²) in [7, 11) is 4.02. The summed E-state index contributed by atoms with van der Waals surface area (Å²) in [5.74, 6) is -0.0102. The highest BCUT2D eigenvalue weighted by molar-refractivity contribution is 8.26. The molecule has 4 rings (SSSR count). The number of hydrogen-bond donors (Lipinski definition) is 0. The Balaban J connectivity index is 1.36. The molecule has 162 valence electrons. The summed E-state index contributed by atoms with van der Waals surface area (Å²) in [4.78, 5) is 22.0. The molecule has 0 N–H and O–H groups in total. The quantitative estimate of drug-likeness (QED) is 0.474. The van der Waals surface area contributed by atoms with Crippen molar-refractivity contribution in [2.75, 3.05) is 56.7 Å². The number of thioether (sulfide) groups is 1. The predicted molar refractivity (Wildman–Crippen MR) is 136 cm³/mol. The number of halogens is 1. The smallest absolute Gasteiger partial charge is 0.267 e. The van der Waals surface area contributed by atoms with E-state index in [2.05, 4.69) is 20.8 Å². The van der Waals surface area contributed by atoms with E-state index in [0.717, 1.165) is 48.1 Å². The van der Waals surface area contributed by atoms with E-state index in [1.54, 1.807) is 4.90 Å². The van der Waals surface area contributed by atoms with Crippen LogP contribution >= 0.6 is 35.6 Å². The van der Waals surface area contributed by atoms with Gasteiger partial charge in [-0.25, -0.2) is 0 Å². The zero-order valence-corrected chi connectivity index (χ0v) is 20.0. The fourth-order valence-electron chi connectivity index (χ4n) is 3.66. The van der Waals surface area contributed by atoms with Gasteiger partial charge < -0.3 is 9.80 Å². The lowest BCUT2D eigenvalue weighted by molar-refractivity contribution is -0.123. The summed E-state index contributed by atoms with van der Waals surface area (Å²) in [5, 5.41) is 0.751. The minimum absolute atomic E-state index is 0.0102. The van der Waals surface area contributed by atoms with Crippen molar-refractivity contribution >= 4 is 63.3 Å². The molecule has 0 atom stereocenters. The van der Waals surface area contributed by atoms with Crippen molar-refractivity contribution in [2.24, 2.45) is 0 Å². The molecule has 8 heteroatoms. The maximum atomic E-state index is 13.0. The van der Waals surface area contributed by atoms with Gasteiger partial charge in [0.15, 0.2) is 0 Å². The number of benzene rings is 2. The molecule has 0 saturated carbocycles. The first-order valence-electron chi connectivity index (χ1n) is 10.2. The lowest BCUT2D eigenvalue weighted by Crippen LogP contribution is -2.50. The summed E-state index contributed by atoms with van der Waals surface area (Å²) >= 11 is 13.0. The maximum absolute atomic E-state index is 13.0. The third-order valence-corrected chi connectivity index (χ3v) is 7.08. The Morgan fingerprint density at radius 1 is 1.10 bits per heavy atom. The normalized spacial score (nSPS) is 18.9. The summed E-state index contributed by atoms with van der Waals surface area (Å²) in [5.41, 5.74) is 3.27. The van der Waals surface area contributed by atoms with Gasteiger partial charge in [-0.05, 0) is 42.0 Å². The van der Waals surface area contributed by atoms with Crippen molar-refractivity contribution in [1.82, 2.24) is 9.80 Å². The molecule has 31 heavy (non-hydrogen) atoms. The first-order valence-corrected chi connectivity index (χ1v) is 11.8. The van der Waals surface area contributed by atoms with Gasteiger partial charge in [0.25, 0.3) is 5.91 Å². The minimum atomic E-state index is -0.0102. The Morgan fingerprint density at radius 3 is 2.45 bits per heavy atom. The van der Waals surface area contributed by atoms with Crippen molar-refractivity contribution in [3.8, 4) is 0 Å². The van der Waals surface area contributed by atoms with Crippen LogP contribution in [0.3, 0.4) is 0 Å². The molecular weight excluding hydrogens is 448 g/mol. The summed E-state index contributed by atoms with van der Waals surface area (Å²) in [6, 6.07) is 16.1. The average molecular weight is 473 g/mol. The summed E-state index contributed by atoms with van der Waals surface area (Å²) in [6.45, 7) is 4.06. The molecule has 1 amide bonds. The van der Waals surface area contributed by atoms with E-state index in [1.807, 2.05) is 62.6 Å². The van der Waals surface area contributed by atoms with Crippen LogP contribution in [0.4, 0.5) is 11.4 Å². The summed E-state index contributed by atoms with van der Waals surface area (Å²) in [6.07, 6.45) is 1.93. The van der Waals surface area contributed by atoms with Crippen LogP contribution in [0.2, 0.25) is 5.02 Å². The molecule has 0 unspecified atom stereocenters. The number of carbonyl (C=O) groups excluding carboxylic acids is 1. The van der Waals surface area contributed by atoms with Crippen LogP contribution in [-0.2, 0) is 4.79 Å². The number of carbonyl (C=O) groups is 1. The topological polar surface area (TPSA) is 30.0 Å². The fourth-order valence-corrected chi connectivity index (χ4v) is 5.09. The highest BCUT2D eigenvalue weighted by atomic mass is 35.5. The molecule has 0 aromatic heterocycles. The Hall–Kier alpha value is -2.06. The molecule has 5 nitrogen and oxygen atoms in total. The van der Waals surface area contributed by atoms with Crippen molar-refractivity contribution in [2.45, 2.75) is 0 Å². The van der Waals surface area contributed by atoms with Gasteiger partial charge in [0.05, 0.1) is 11.6 Å². The van der Waals surface area contributed by atoms with Crippen LogP contribution in [0, 0.1) is 0 Å². The first-order chi connectivity index (χ1) is 14.9. The minimum Gasteiger partial charge on any atom is -0.378 e. The molecule has 2 saturated heterocycles. The SMILES string of the molecule is CN(C)c1ccc(/C=C2/SC(=S)N(CN3CCN(c4cccc(Cl)c4)CC3)C2=O)cc1. The molecule has 0 spiro atoms. The molecule has 2 fully saturated rings. The van der Waals surface area contributed by atoms with Gasteiger partial charge in [0.1, 0.15) is 4.32 Å². The maximum Gasteiger partial charge on any atom is 0.267 e. The van der Waals surface area contributed by atoms with Gasteiger partial charge >= 0.3 is 0 Å². The highest BCUT2D eigenvalue weighted by Crippen LogP contribution is 2.33. The first kappa shape index (κ1) is 22.1. The lowest BCUT2D eigenvalue weighted by Gasteiger charge is -2.37. The van der Waals surface area contributed by atoms with E-state index < -0.39 is 0 Å². The van der Waals surface area contributed by atoms with Crippen molar-refractivity contribution in [3.05, 3.63) is 64.0 Å². The van der Waals surface area contributed by atoms with Gasteiger partial charge in [-0.15, -0.1) is 0 Å². The second kappa shape index (κ2) is 9.61. The standard InChI is InChI=1S/C23H25ClN4OS2/c1-25(2)19-8-6-17(7-9-19)14-21-22(29)28(23(30)31-21)16-26-10-12-27(13-11-26)20-5-3-4-18(24)15-20/h3-9,14-15H,10-13,16H2,1-2H3/b21-14+. The van der Waals surface area contributed by atoms with E-state index in [0.29, 0.717) is 15.9 Å². The van der Waals surface area contributed by atoms with Crippen LogP contribution in [0.15, 0.2) is 53.4 Å². The number of nitrogens with zero attached hydrogens (tertiary/aromatic N) is 4. The lowest BCUT2D eigenvalue weighted by atomic mass is 10.2. The largest absolute Gasteiger partial charge is 0.378 e. The average Bonchev–Trinajstić information content (AvgIpc) is 3.02. The van der Waals surface area contributed by atoms with Crippen LogP contribution in [-0.4, -0.2) is 67.0 Å². The van der Waals surface area contributed by atoms with E-state index in [4.69, 9.17) is 23.8 Å². The number of rotatable bonds is 5. The third kappa shape index (κ3) is 5.23. The van der Waals surface area contributed by atoms with Gasteiger partial charge in [-0.2, -0.15) is 0 Å². The van der Waals surface area contributed by atoms with Crippen molar-refractivity contribution in [1.29, 1.82) is 0 Å². The van der Waals surface area contributed by atoms with Crippen LogP contribution in [0.25, 0.3) is 6.08 Å². The molecule has 2 aliphatic heterocycles. The predicted octanol–water partition coefficient (Wildman–Crippen LogP) is 4.39. The van der Waals surface area contributed by atoms with E-state index in [1.165, 1.54) is 11.8 Å². The third-order valence-electron chi connectivity index (χ3n) is 5.47. The molecule has 0 radical (unpaired) electrons. The second-order valence-electron chi connectivity index (χ2n) is 7.82. The molecule has 2 aromatic carbocycles. The van der Waals surface area contributed by atoms with Gasteiger partial charge in [-0.3, -0.25) is 14.6 Å². The summed E-state index contributed by atoms with van der Waals surface area (Å²) < 4.78 is 0.624. The fraction of sp³-hybridized carbons (Fsp3) is 0.304. The van der Waals surface area contributed by atoms with Crippen LogP contribution < -0.4 is 9.80 Å². The van der Waals surface area contributed by atoms with E-state index in [-0.39, 0.29) is 5.91 Å². The van der Waals surface area contributed by atoms with Gasteiger partial charge in [0, 0.05) is 56.7 Å². The number of anilines is 2. The number of hydrogen-bond acceptors (Lipinski definition) is 6. The van der Waals surface area contributed by atoms with Gasteiger partial charge in [0.2, 0.25) is 0 Å². The van der Waals surface area contributed by atoms with Crippen LogP contribution in [0.5, 0.6) is 0 Å². The molecular formula is C23H25ClN4OS2. The molecule has 2 aliphatic rings. The van der Waals surface area contributed by atoms with Crippen LogP contribution in [0.1, 0.15) is 5.56 Å². The monoisotopic (exact) mass is 472 g/mol. The molecule has 0 aliphatic carbocycles. The number of piperazine rings is 1. The Kier molecular flexibility index (Phi) is 6.86. The zero-order chi connectivity index (χ0) is 22.0. The Labute approximate surface area is 198 Å². The Bertz CT molecular complexity index is 1000. The number of amides is 1. The zero-order valence-electron chi connectivity index (χ0n) is 17.6. The molecule has 2 heterocycles. The second-order valence-corrected chi connectivity index (χ2v) is 9.93. The van der Waals surface area contributed by atoms with E-state index >= 15 is 0 Å². The molecule has 0 bridgehead atoms. The van der Waals surface area contributed by atoms with Crippen molar-refractivity contribution in [3.63, 3.8) is 0 Å². The molecule has 2 aromatic rings. The Morgan fingerprint density at radius 2 is 1.81 bits per heavy atom. The van der Waals surface area contributed by atoms with E-state index in [9.17, 15) is 4.79 Å².